The van der Waals surface area contributed by atoms with Crippen LogP contribution in [0.5, 0.6) is 0 Å². The standard InChI is InChI=1S/C20H26N2O2/c23-19-6-3-12-22(19)18-9-7-16(8-10-18)20(24)21-13-11-15-4-1-2-5-17(15)14-21/h7-10,15,17H,1-6,11-14H2/t15-,17-/m1/s1. The molecule has 24 heavy (non-hydrogen) atoms. The zero-order chi connectivity index (χ0) is 16.5. The third-order valence-corrected chi connectivity index (χ3v) is 6.08. The molecule has 0 spiro atoms. The maximum absolute atomic E-state index is 12.8. The lowest BCUT2D eigenvalue weighted by Crippen LogP contribution is -2.44. The molecule has 1 aromatic carbocycles. The molecule has 1 saturated carbocycles. The zero-order valence-corrected chi connectivity index (χ0v) is 14.2. The Hall–Kier alpha value is -1.84. The van der Waals surface area contributed by atoms with Crippen molar-refractivity contribution < 1.29 is 9.59 Å². The van der Waals surface area contributed by atoms with E-state index in [0.717, 1.165) is 49.6 Å². The van der Waals surface area contributed by atoms with Gasteiger partial charge in [-0.2, -0.15) is 0 Å². The lowest BCUT2D eigenvalue weighted by atomic mass is 9.75. The molecule has 4 heteroatoms. The van der Waals surface area contributed by atoms with Crippen LogP contribution in [-0.4, -0.2) is 36.3 Å². The van der Waals surface area contributed by atoms with Crippen molar-refractivity contribution in [2.45, 2.75) is 44.9 Å². The van der Waals surface area contributed by atoms with Crippen LogP contribution in [0.1, 0.15) is 55.3 Å². The van der Waals surface area contributed by atoms with Gasteiger partial charge in [0.1, 0.15) is 0 Å². The molecule has 3 aliphatic rings. The Bertz CT molecular complexity index is 625. The molecule has 2 aliphatic heterocycles. The molecule has 0 unspecified atom stereocenters. The molecule has 4 rings (SSSR count). The van der Waals surface area contributed by atoms with E-state index >= 15 is 0 Å². The number of rotatable bonds is 2. The van der Waals surface area contributed by atoms with Gasteiger partial charge in [-0.3, -0.25) is 9.59 Å². The number of benzene rings is 1. The summed E-state index contributed by atoms with van der Waals surface area (Å²) in [5.41, 5.74) is 1.67. The van der Waals surface area contributed by atoms with Crippen LogP contribution < -0.4 is 4.90 Å². The van der Waals surface area contributed by atoms with E-state index in [4.69, 9.17) is 0 Å². The largest absolute Gasteiger partial charge is 0.338 e. The Morgan fingerprint density at radius 3 is 2.38 bits per heavy atom. The zero-order valence-electron chi connectivity index (χ0n) is 14.2. The molecule has 4 nitrogen and oxygen atoms in total. The molecule has 2 amide bonds. The highest BCUT2D eigenvalue weighted by Gasteiger charge is 2.33. The second-order valence-electron chi connectivity index (χ2n) is 7.54. The van der Waals surface area contributed by atoms with Gasteiger partial charge in [0.05, 0.1) is 0 Å². The van der Waals surface area contributed by atoms with E-state index in [0.29, 0.717) is 12.3 Å². The van der Waals surface area contributed by atoms with Crippen LogP contribution in [0.3, 0.4) is 0 Å². The van der Waals surface area contributed by atoms with Crippen LogP contribution in [0.15, 0.2) is 24.3 Å². The number of carbonyl (C=O) groups excluding carboxylic acids is 2. The number of hydrogen-bond acceptors (Lipinski definition) is 2. The van der Waals surface area contributed by atoms with Crippen LogP contribution in [0.4, 0.5) is 5.69 Å². The maximum atomic E-state index is 12.8. The van der Waals surface area contributed by atoms with Gasteiger partial charge in [-0.25, -0.2) is 0 Å². The quantitative estimate of drug-likeness (QED) is 0.835. The number of fused-ring (bicyclic) bond motifs is 1. The lowest BCUT2D eigenvalue weighted by Gasteiger charge is -2.41. The monoisotopic (exact) mass is 326 g/mol. The average molecular weight is 326 g/mol. The first kappa shape index (κ1) is 15.7. The SMILES string of the molecule is O=C(c1ccc(N2CCCC2=O)cc1)N1CC[C@H]2CCCC[C@@H]2C1. The number of carbonyl (C=O) groups is 2. The second kappa shape index (κ2) is 6.58. The maximum Gasteiger partial charge on any atom is 0.253 e. The molecule has 0 aromatic heterocycles. The van der Waals surface area contributed by atoms with Crippen molar-refractivity contribution in [1.29, 1.82) is 0 Å². The fourth-order valence-electron chi connectivity index (χ4n) is 4.67. The predicted molar refractivity (Wildman–Crippen MR) is 94.0 cm³/mol. The van der Waals surface area contributed by atoms with Crippen LogP contribution in [0.25, 0.3) is 0 Å². The Morgan fingerprint density at radius 2 is 1.67 bits per heavy atom. The molecular weight excluding hydrogens is 300 g/mol. The molecule has 1 aromatic rings. The summed E-state index contributed by atoms with van der Waals surface area (Å²) in [5.74, 6) is 1.89. The van der Waals surface area contributed by atoms with Gasteiger partial charge in [-0.05, 0) is 55.4 Å². The Balaban J connectivity index is 1.43. The molecule has 0 N–H and O–H groups in total. The molecule has 1 aliphatic carbocycles. The topological polar surface area (TPSA) is 40.6 Å². The van der Waals surface area contributed by atoms with Gasteiger partial charge in [0.25, 0.3) is 5.91 Å². The van der Waals surface area contributed by atoms with Crippen molar-refractivity contribution in [3.05, 3.63) is 29.8 Å². The average Bonchev–Trinajstić information content (AvgIpc) is 3.07. The number of piperidine rings is 1. The van der Waals surface area contributed by atoms with E-state index < -0.39 is 0 Å². The Kier molecular flexibility index (Phi) is 4.30. The summed E-state index contributed by atoms with van der Waals surface area (Å²) in [6, 6.07) is 7.61. The van der Waals surface area contributed by atoms with Crippen molar-refractivity contribution >= 4 is 17.5 Å². The van der Waals surface area contributed by atoms with Gasteiger partial charge in [-0.1, -0.05) is 19.3 Å². The number of anilines is 1. The summed E-state index contributed by atoms with van der Waals surface area (Å²) < 4.78 is 0. The third-order valence-electron chi connectivity index (χ3n) is 6.08. The molecule has 2 heterocycles. The van der Waals surface area contributed by atoms with Crippen molar-refractivity contribution in [3.8, 4) is 0 Å². The van der Waals surface area contributed by atoms with Crippen LogP contribution >= 0.6 is 0 Å². The Labute approximate surface area is 143 Å². The summed E-state index contributed by atoms with van der Waals surface area (Å²) >= 11 is 0. The van der Waals surface area contributed by atoms with Gasteiger partial charge >= 0.3 is 0 Å². The highest BCUT2D eigenvalue weighted by atomic mass is 16.2. The van der Waals surface area contributed by atoms with E-state index in [1.165, 1.54) is 25.7 Å². The van der Waals surface area contributed by atoms with Crippen LogP contribution in [-0.2, 0) is 4.79 Å². The molecule has 2 saturated heterocycles. The van der Waals surface area contributed by atoms with Gasteiger partial charge in [0.2, 0.25) is 5.91 Å². The Morgan fingerprint density at radius 1 is 0.917 bits per heavy atom. The molecule has 0 radical (unpaired) electrons. The normalized spacial score (nSPS) is 27.2. The van der Waals surface area contributed by atoms with Crippen molar-refractivity contribution in [2.24, 2.45) is 11.8 Å². The molecule has 3 fully saturated rings. The van der Waals surface area contributed by atoms with Gasteiger partial charge in [0.15, 0.2) is 0 Å². The molecule has 2 atom stereocenters. The summed E-state index contributed by atoms with van der Waals surface area (Å²) in [6.45, 7) is 2.61. The lowest BCUT2D eigenvalue weighted by molar-refractivity contribution is -0.117. The van der Waals surface area contributed by atoms with Gasteiger partial charge in [-0.15, -0.1) is 0 Å². The van der Waals surface area contributed by atoms with E-state index in [-0.39, 0.29) is 11.8 Å². The summed E-state index contributed by atoms with van der Waals surface area (Å²) in [5, 5.41) is 0. The van der Waals surface area contributed by atoms with Crippen molar-refractivity contribution in [2.75, 3.05) is 24.5 Å². The molecular formula is C20H26N2O2. The van der Waals surface area contributed by atoms with E-state index in [1.54, 1.807) is 0 Å². The highest BCUT2D eigenvalue weighted by Crippen LogP contribution is 2.36. The van der Waals surface area contributed by atoms with Gasteiger partial charge in [0, 0.05) is 37.3 Å². The minimum atomic E-state index is 0.151. The van der Waals surface area contributed by atoms with Crippen molar-refractivity contribution in [3.63, 3.8) is 0 Å². The van der Waals surface area contributed by atoms with E-state index in [9.17, 15) is 9.59 Å². The number of hydrogen-bond donors (Lipinski definition) is 0. The fraction of sp³-hybridized carbons (Fsp3) is 0.600. The number of amides is 2. The third kappa shape index (κ3) is 2.94. The molecule has 0 bridgehead atoms. The van der Waals surface area contributed by atoms with E-state index in [2.05, 4.69) is 0 Å². The summed E-state index contributed by atoms with van der Waals surface area (Å²) in [7, 11) is 0. The van der Waals surface area contributed by atoms with Crippen LogP contribution in [0.2, 0.25) is 0 Å². The predicted octanol–water partition coefficient (Wildman–Crippen LogP) is 3.47. The van der Waals surface area contributed by atoms with E-state index in [1.807, 2.05) is 34.1 Å². The molecule has 128 valence electrons. The minimum absolute atomic E-state index is 0.151. The fourth-order valence-corrected chi connectivity index (χ4v) is 4.67. The number of likely N-dealkylation sites (tertiary alicyclic amines) is 1. The first-order chi connectivity index (χ1) is 11.7. The minimum Gasteiger partial charge on any atom is -0.338 e. The van der Waals surface area contributed by atoms with Crippen molar-refractivity contribution in [1.82, 2.24) is 4.90 Å². The highest BCUT2D eigenvalue weighted by molar-refractivity contribution is 5.97. The van der Waals surface area contributed by atoms with Crippen LogP contribution in [0, 0.1) is 11.8 Å². The first-order valence-electron chi connectivity index (χ1n) is 9.42. The smallest absolute Gasteiger partial charge is 0.253 e. The number of nitrogens with zero attached hydrogens (tertiary/aromatic N) is 2. The summed E-state index contributed by atoms with van der Waals surface area (Å²) in [6.07, 6.45) is 8.05. The second-order valence-corrected chi connectivity index (χ2v) is 7.54. The van der Waals surface area contributed by atoms with Gasteiger partial charge < -0.3 is 9.80 Å². The first-order valence-corrected chi connectivity index (χ1v) is 9.42. The summed E-state index contributed by atoms with van der Waals surface area (Å²) in [4.78, 5) is 28.5.